The number of nitrogens with zero attached hydrogens (tertiary/aromatic N) is 1. The van der Waals surface area contributed by atoms with E-state index in [0.29, 0.717) is 10.9 Å². The smallest absolute Gasteiger partial charge is 0.229 e. The molecule has 1 aliphatic carbocycles. The van der Waals surface area contributed by atoms with Gasteiger partial charge in [-0.3, -0.25) is 4.79 Å². The van der Waals surface area contributed by atoms with Gasteiger partial charge >= 0.3 is 0 Å². The molecule has 1 aromatic heterocycles. The molecule has 2 aromatic rings. The molecule has 1 saturated carbocycles. The van der Waals surface area contributed by atoms with Crippen LogP contribution in [0.5, 0.6) is 11.5 Å². The molecule has 0 aliphatic heterocycles. The Morgan fingerprint density at radius 1 is 1.18 bits per heavy atom. The molecule has 0 spiro atoms. The van der Waals surface area contributed by atoms with Crippen molar-refractivity contribution >= 4 is 32.6 Å². The summed E-state index contributed by atoms with van der Waals surface area (Å²) in [5.74, 6) is 1.62. The van der Waals surface area contributed by atoms with Crippen molar-refractivity contribution in [2.75, 3.05) is 19.5 Å². The molecule has 1 aliphatic rings. The predicted molar refractivity (Wildman–Crippen MR) is 87.9 cm³/mol. The normalized spacial score (nSPS) is 15.7. The number of hydrogen-bond acceptors (Lipinski definition) is 5. The van der Waals surface area contributed by atoms with Crippen LogP contribution in [-0.4, -0.2) is 25.1 Å². The Morgan fingerprint density at radius 2 is 1.86 bits per heavy atom. The van der Waals surface area contributed by atoms with E-state index in [9.17, 15) is 4.79 Å². The first-order chi connectivity index (χ1) is 10.7. The fourth-order valence-electron chi connectivity index (χ4n) is 2.91. The highest BCUT2D eigenvalue weighted by molar-refractivity contribution is 7.22. The van der Waals surface area contributed by atoms with Crippen LogP contribution < -0.4 is 14.8 Å². The molecule has 1 aromatic carbocycles. The number of aromatic nitrogens is 1. The summed E-state index contributed by atoms with van der Waals surface area (Å²) in [5, 5.41) is 3.57. The molecule has 22 heavy (non-hydrogen) atoms. The molecule has 6 heteroatoms. The first-order valence-electron chi connectivity index (χ1n) is 7.55. The van der Waals surface area contributed by atoms with Gasteiger partial charge in [-0.1, -0.05) is 30.6 Å². The first-order valence-corrected chi connectivity index (χ1v) is 8.37. The second-order valence-corrected chi connectivity index (χ2v) is 6.49. The summed E-state index contributed by atoms with van der Waals surface area (Å²) in [6, 6.07) is 3.68. The zero-order valence-electron chi connectivity index (χ0n) is 12.8. The van der Waals surface area contributed by atoms with E-state index in [0.717, 1.165) is 41.6 Å². The summed E-state index contributed by atoms with van der Waals surface area (Å²) >= 11 is 1.42. The van der Waals surface area contributed by atoms with E-state index < -0.39 is 0 Å². The molecule has 1 amide bonds. The van der Waals surface area contributed by atoms with Crippen LogP contribution in [0.4, 0.5) is 5.13 Å². The molecule has 1 heterocycles. The van der Waals surface area contributed by atoms with Crippen molar-refractivity contribution in [3.63, 3.8) is 0 Å². The Hall–Kier alpha value is -1.82. The minimum absolute atomic E-state index is 0.0803. The van der Waals surface area contributed by atoms with Crippen LogP contribution in [0.3, 0.4) is 0 Å². The zero-order chi connectivity index (χ0) is 15.5. The molecule has 5 nitrogen and oxygen atoms in total. The van der Waals surface area contributed by atoms with Gasteiger partial charge in [0, 0.05) is 5.92 Å². The third kappa shape index (κ3) is 2.88. The first kappa shape index (κ1) is 15.1. The Kier molecular flexibility index (Phi) is 4.47. The maximum atomic E-state index is 12.3. The van der Waals surface area contributed by atoms with Gasteiger partial charge in [0.2, 0.25) is 5.91 Å². The summed E-state index contributed by atoms with van der Waals surface area (Å²) in [4.78, 5) is 16.9. The summed E-state index contributed by atoms with van der Waals surface area (Å²) in [6.45, 7) is 0. The number of carbonyl (C=O) groups is 1. The number of fused-ring (bicyclic) bond motifs is 1. The third-order valence-corrected chi connectivity index (χ3v) is 5.10. The van der Waals surface area contributed by atoms with E-state index in [1.54, 1.807) is 14.2 Å². The standard InChI is InChI=1S/C16H20N2O3S/c1-20-11-8-9-12(21-2)14-13(11)17-16(22-14)18-15(19)10-6-4-3-5-7-10/h8-10H,3-7H2,1-2H3,(H,17,18,19). The molecule has 0 atom stereocenters. The van der Waals surface area contributed by atoms with Crippen molar-refractivity contribution in [1.29, 1.82) is 0 Å². The number of rotatable bonds is 4. The maximum absolute atomic E-state index is 12.3. The summed E-state index contributed by atoms with van der Waals surface area (Å²) in [7, 11) is 3.24. The molecular formula is C16H20N2O3S. The van der Waals surface area contributed by atoms with E-state index in [-0.39, 0.29) is 11.8 Å². The van der Waals surface area contributed by atoms with E-state index >= 15 is 0 Å². The fourth-order valence-corrected chi connectivity index (χ4v) is 3.89. The molecule has 0 radical (unpaired) electrons. The highest BCUT2D eigenvalue weighted by Gasteiger charge is 2.22. The highest BCUT2D eigenvalue weighted by Crippen LogP contribution is 2.39. The van der Waals surface area contributed by atoms with Crippen LogP contribution in [-0.2, 0) is 4.79 Å². The number of hydrogen-bond donors (Lipinski definition) is 1. The van der Waals surface area contributed by atoms with Crippen LogP contribution in [0.15, 0.2) is 12.1 Å². The van der Waals surface area contributed by atoms with Crippen LogP contribution in [0, 0.1) is 5.92 Å². The average Bonchev–Trinajstić information content (AvgIpc) is 2.98. The number of methoxy groups -OCH3 is 2. The van der Waals surface area contributed by atoms with Gasteiger partial charge in [-0.05, 0) is 25.0 Å². The van der Waals surface area contributed by atoms with Gasteiger partial charge < -0.3 is 14.8 Å². The Balaban J connectivity index is 1.86. The predicted octanol–water partition coefficient (Wildman–Crippen LogP) is 3.83. The summed E-state index contributed by atoms with van der Waals surface area (Å²) in [6.07, 6.45) is 5.46. The van der Waals surface area contributed by atoms with Gasteiger partial charge in [0.05, 0.1) is 14.2 Å². The van der Waals surface area contributed by atoms with Crippen molar-refractivity contribution in [1.82, 2.24) is 4.98 Å². The molecule has 0 saturated heterocycles. The average molecular weight is 320 g/mol. The Bertz CT molecular complexity index is 636. The van der Waals surface area contributed by atoms with Gasteiger partial charge in [0.15, 0.2) is 5.13 Å². The lowest BCUT2D eigenvalue weighted by Gasteiger charge is -2.19. The van der Waals surface area contributed by atoms with Crippen molar-refractivity contribution in [2.45, 2.75) is 32.1 Å². The number of amides is 1. The highest BCUT2D eigenvalue weighted by atomic mass is 32.1. The lowest BCUT2D eigenvalue weighted by Crippen LogP contribution is -2.24. The lowest BCUT2D eigenvalue weighted by molar-refractivity contribution is -0.120. The number of ether oxygens (including phenoxy) is 2. The number of nitrogens with one attached hydrogen (secondary N) is 1. The van der Waals surface area contributed by atoms with E-state index in [2.05, 4.69) is 10.3 Å². The number of carbonyl (C=O) groups excluding carboxylic acids is 1. The topological polar surface area (TPSA) is 60.5 Å². The molecule has 1 N–H and O–H groups in total. The maximum Gasteiger partial charge on any atom is 0.229 e. The van der Waals surface area contributed by atoms with Crippen LogP contribution in [0.1, 0.15) is 32.1 Å². The van der Waals surface area contributed by atoms with Crippen LogP contribution in [0.25, 0.3) is 10.2 Å². The fraction of sp³-hybridized carbons (Fsp3) is 0.500. The van der Waals surface area contributed by atoms with Crippen molar-refractivity contribution < 1.29 is 14.3 Å². The monoisotopic (exact) mass is 320 g/mol. The molecule has 118 valence electrons. The lowest BCUT2D eigenvalue weighted by atomic mass is 9.89. The second-order valence-electron chi connectivity index (χ2n) is 5.49. The van der Waals surface area contributed by atoms with Gasteiger partial charge in [-0.2, -0.15) is 0 Å². The van der Waals surface area contributed by atoms with E-state index in [1.165, 1.54) is 17.8 Å². The Morgan fingerprint density at radius 3 is 2.55 bits per heavy atom. The second kappa shape index (κ2) is 6.52. The van der Waals surface area contributed by atoms with Gasteiger partial charge in [0.1, 0.15) is 21.7 Å². The van der Waals surface area contributed by atoms with Gasteiger partial charge in [0.25, 0.3) is 0 Å². The molecule has 3 rings (SSSR count). The number of thiazole rings is 1. The number of anilines is 1. The van der Waals surface area contributed by atoms with Crippen LogP contribution >= 0.6 is 11.3 Å². The quantitative estimate of drug-likeness (QED) is 0.930. The molecule has 0 bridgehead atoms. The minimum atomic E-state index is 0.0803. The van der Waals surface area contributed by atoms with Gasteiger partial charge in [-0.15, -0.1) is 0 Å². The number of benzene rings is 1. The SMILES string of the molecule is COc1ccc(OC)c2sc(NC(=O)C3CCCCC3)nc12. The molecule has 1 fully saturated rings. The van der Waals surface area contributed by atoms with E-state index in [1.807, 2.05) is 12.1 Å². The Labute approximate surface area is 133 Å². The molecular weight excluding hydrogens is 300 g/mol. The summed E-state index contributed by atoms with van der Waals surface area (Å²) < 4.78 is 11.6. The molecule has 0 unspecified atom stereocenters. The van der Waals surface area contributed by atoms with E-state index in [4.69, 9.17) is 9.47 Å². The largest absolute Gasteiger partial charge is 0.495 e. The third-order valence-electron chi connectivity index (χ3n) is 4.12. The van der Waals surface area contributed by atoms with Gasteiger partial charge in [-0.25, -0.2) is 4.98 Å². The van der Waals surface area contributed by atoms with Crippen molar-refractivity contribution in [3.8, 4) is 11.5 Å². The minimum Gasteiger partial charge on any atom is -0.495 e. The zero-order valence-corrected chi connectivity index (χ0v) is 13.7. The van der Waals surface area contributed by atoms with Crippen molar-refractivity contribution in [2.24, 2.45) is 5.92 Å². The van der Waals surface area contributed by atoms with Crippen LogP contribution in [0.2, 0.25) is 0 Å². The van der Waals surface area contributed by atoms with Crippen molar-refractivity contribution in [3.05, 3.63) is 12.1 Å². The summed E-state index contributed by atoms with van der Waals surface area (Å²) in [5.41, 5.74) is 0.728.